The largest absolute Gasteiger partial charge is 0.531 e. The number of phosphoric ester groups is 1. The van der Waals surface area contributed by atoms with Gasteiger partial charge >= 0.3 is 14.2 Å². The van der Waals surface area contributed by atoms with Gasteiger partial charge in [0.2, 0.25) is 0 Å². The smallest absolute Gasteiger partial charge is 0.302 e. The molecule has 0 saturated carbocycles. The number of rotatable bonds is 6. The molecule has 1 rings (SSSR count). The van der Waals surface area contributed by atoms with Gasteiger partial charge in [-0.15, -0.1) is 13.2 Å². The Bertz CT molecular complexity index is 407. The molecule has 0 heterocycles. The van der Waals surface area contributed by atoms with Crippen molar-refractivity contribution >= 4 is 7.82 Å². The molecular weight excluding hydrogens is 272 g/mol. The topological polar surface area (TPSA) is 55.8 Å². The molecule has 0 aliphatic carbocycles. The number of halogens is 3. The Kier molecular flexibility index (Phi) is 5.34. The van der Waals surface area contributed by atoms with Crippen molar-refractivity contribution in [1.29, 1.82) is 0 Å². The Hall–Kier alpha value is -0.880. The van der Waals surface area contributed by atoms with Crippen LogP contribution in [0.4, 0.5) is 13.2 Å². The van der Waals surface area contributed by atoms with E-state index in [0.717, 1.165) is 5.56 Å². The molecule has 0 saturated heterocycles. The minimum atomic E-state index is -5.19. The Morgan fingerprint density at radius 3 is 2.39 bits per heavy atom. The lowest BCUT2D eigenvalue weighted by Gasteiger charge is -2.13. The average Bonchev–Trinajstić information content (AvgIpc) is 2.23. The van der Waals surface area contributed by atoms with Gasteiger partial charge in [-0.05, 0) is 18.4 Å². The lowest BCUT2D eigenvalue weighted by Crippen LogP contribution is -2.12. The number of hydrogen-bond donors (Lipinski definition) is 1. The van der Waals surface area contributed by atoms with Crippen molar-refractivity contribution in [1.82, 2.24) is 0 Å². The summed E-state index contributed by atoms with van der Waals surface area (Å²) < 4.78 is 53.1. The molecule has 1 atom stereocenters. The highest BCUT2D eigenvalue weighted by molar-refractivity contribution is 7.47. The second kappa shape index (κ2) is 6.33. The van der Waals surface area contributed by atoms with Crippen LogP contribution in [0.3, 0.4) is 0 Å². The molecule has 1 N–H and O–H groups in total. The zero-order valence-corrected chi connectivity index (χ0v) is 10.2. The van der Waals surface area contributed by atoms with E-state index < -0.39 is 14.2 Å². The third-order valence-electron chi connectivity index (χ3n) is 1.93. The van der Waals surface area contributed by atoms with E-state index in [1.807, 2.05) is 30.3 Å². The molecule has 0 radical (unpaired) electrons. The van der Waals surface area contributed by atoms with E-state index in [4.69, 9.17) is 4.89 Å². The van der Waals surface area contributed by atoms with Crippen LogP contribution in [0.5, 0.6) is 0 Å². The Labute approximate surface area is 102 Å². The van der Waals surface area contributed by atoms with Crippen molar-refractivity contribution in [3.8, 4) is 0 Å². The second-order valence-corrected chi connectivity index (χ2v) is 4.81. The quantitative estimate of drug-likeness (QED) is 0.643. The Balaban J connectivity index is 2.27. The van der Waals surface area contributed by atoms with E-state index in [0.29, 0.717) is 12.8 Å². The Morgan fingerprint density at radius 2 is 1.83 bits per heavy atom. The summed E-state index contributed by atoms with van der Waals surface area (Å²) in [4.78, 5) is 8.74. The van der Waals surface area contributed by atoms with Crippen molar-refractivity contribution in [2.24, 2.45) is 0 Å². The van der Waals surface area contributed by atoms with Crippen LogP contribution in [0.15, 0.2) is 30.3 Å². The van der Waals surface area contributed by atoms with Gasteiger partial charge in [0.25, 0.3) is 0 Å². The molecule has 1 aromatic carbocycles. The number of benzene rings is 1. The lowest BCUT2D eigenvalue weighted by atomic mass is 10.1. The molecular formula is C10H12F3O4P. The number of alkyl halides is 3. The molecule has 0 aliphatic rings. The zero-order chi connectivity index (χ0) is 13.6. The highest BCUT2D eigenvalue weighted by Crippen LogP contribution is 2.48. The molecule has 0 amide bonds. The molecule has 8 heteroatoms. The second-order valence-electron chi connectivity index (χ2n) is 3.43. The molecule has 102 valence electrons. The van der Waals surface area contributed by atoms with Crippen LogP contribution >= 0.6 is 7.82 Å². The van der Waals surface area contributed by atoms with Gasteiger partial charge in [-0.2, -0.15) is 4.52 Å². The summed E-state index contributed by atoms with van der Waals surface area (Å²) >= 11 is 0. The van der Waals surface area contributed by atoms with Gasteiger partial charge in [0.05, 0.1) is 6.61 Å². The van der Waals surface area contributed by atoms with E-state index in [9.17, 15) is 17.7 Å². The normalized spacial score (nSPS) is 15.3. The third kappa shape index (κ3) is 6.76. The van der Waals surface area contributed by atoms with Crippen LogP contribution in [0.2, 0.25) is 0 Å². The summed E-state index contributed by atoms with van der Waals surface area (Å²) in [5.41, 5.74) is 0.964. The first-order chi connectivity index (χ1) is 8.29. The van der Waals surface area contributed by atoms with Gasteiger partial charge in [-0.25, -0.2) is 4.57 Å². The summed E-state index contributed by atoms with van der Waals surface area (Å²) in [6.07, 6.45) is -4.34. The van der Waals surface area contributed by atoms with Crippen molar-refractivity contribution < 1.29 is 31.7 Å². The molecule has 0 spiro atoms. The molecule has 4 nitrogen and oxygen atoms in total. The van der Waals surface area contributed by atoms with Crippen LogP contribution in [-0.2, 0) is 20.0 Å². The number of aryl methyl sites for hydroxylation is 1. The van der Waals surface area contributed by atoms with Gasteiger partial charge in [0.15, 0.2) is 0 Å². The molecule has 0 aromatic heterocycles. The van der Waals surface area contributed by atoms with E-state index in [1.165, 1.54) is 0 Å². The van der Waals surface area contributed by atoms with E-state index in [1.54, 1.807) is 0 Å². The van der Waals surface area contributed by atoms with Crippen LogP contribution in [-0.4, -0.2) is 17.9 Å². The minimum absolute atomic E-state index is 0.293. The van der Waals surface area contributed by atoms with Gasteiger partial charge in [-0.3, -0.25) is 4.52 Å². The molecule has 1 unspecified atom stereocenters. The maximum Gasteiger partial charge on any atom is 0.531 e. The highest BCUT2D eigenvalue weighted by atomic mass is 31.2. The fraction of sp³-hybridized carbons (Fsp3) is 0.400. The molecule has 0 bridgehead atoms. The maximum atomic E-state index is 11.7. The van der Waals surface area contributed by atoms with Gasteiger partial charge in [0, 0.05) is 0 Å². The zero-order valence-electron chi connectivity index (χ0n) is 9.26. The van der Waals surface area contributed by atoms with E-state index in [2.05, 4.69) is 9.05 Å². The SMILES string of the molecule is O=P(O)(OCCCc1ccccc1)OC(F)(F)F. The van der Waals surface area contributed by atoms with Gasteiger partial charge < -0.3 is 4.89 Å². The third-order valence-corrected chi connectivity index (χ3v) is 2.87. The standard InChI is InChI=1S/C10H12F3O4P/c11-10(12,13)17-18(14,15)16-8-4-7-9-5-2-1-3-6-9/h1-3,5-6H,4,7-8H2,(H,14,15). The lowest BCUT2D eigenvalue weighted by molar-refractivity contribution is -0.282. The van der Waals surface area contributed by atoms with Crippen LogP contribution in [0.1, 0.15) is 12.0 Å². The van der Waals surface area contributed by atoms with Gasteiger partial charge in [-0.1, -0.05) is 30.3 Å². The fourth-order valence-electron chi connectivity index (χ4n) is 1.26. The summed E-state index contributed by atoms with van der Waals surface area (Å²) in [6, 6.07) is 9.15. The van der Waals surface area contributed by atoms with Crippen molar-refractivity contribution in [3.63, 3.8) is 0 Å². The monoisotopic (exact) mass is 284 g/mol. The minimum Gasteiger partial charge on any atom is -0.302 e. The highest BCUT2D eigenvalue weighted by Gasteiger charge is 2.40. The molecule has 0 aliphatic heterocycles. The summed E-state index contributed by atoms with van der Waals surface area (Å²) in [7, 11) is -5.06. The van der Waals surface area contributed by atoms with Crippen LogP contribution in [0, 0.1) is 0 Å². The Morgan fingerprint density at radius 1 is 1.22 bits per heavy atom. The van der Waals surface area contributed by atoms with Crippen molar-refractivity contribution in [2.45, 2.75) is 19.2 Å². The maximum absolute atomic E-state index is 11.7. The van der Waals surface area contributed by atoms with Gasteiger partial charge in [0.1, 0.15) is 0 Å². The van der Waals surface area contributed by atoms with E-state index in [-0.39, 0.29) is 6.61 Å². The fourth-order valence-corrected chi connectivity index (χ4v) is 1.93. The predicted octanol–water partition coefficient (Wildman–Crippen LogP) is 3.27. The van der Waals surface area contributed by atoms with Crippen molar-refractivity contribution in [3.05, 3.63) is 35.9 Å². The van der Waals surface area contributed by atoms with Crippen molar-refractivity contribution in [2.75, 3.05) is 6.61 Å². The summed E-state index contributed by atoms with van der Waals surface area (Å²) in [6.45, 7) is -0.293. The van der Waals surface area contributed by atoms with Crippen LogP contribution < -0.4 is 0 Å². The molecule has 0 fully saturated rings. The van der Waals surface area contributed by atoms with Crippen LogP contribution in [0.25, 0.3) is 0 Å². The number of phosphoric acid groups is 1. The average molecular weight is 284 g/mol. The molecule has 1 aromatic rings. The number of hydrogen-bond acceptors (Lipinski definition) is 3. The predicted molar refractivity (Wildman–Crippen MR) is 57.7 cm³/mol. The molecule has 18 heavy (non-hydrogen) atoms. The first-order valence-corrected chi connectivity index (χ1v) is 6.57. The summed E-state index contributed by atoms with van der Waals surface area (Å²) in [5, 5.41) is 0. The first kappa shape index (κ1) is 15.2. The summed E-state index contributed by atoms with van der Waals surface area (Å²) in [5.74, 6) is 0. The van der Waals surface area contributed by atoms with E-state index >= 15 is 0 Å². The first-order valence-electron chi connectivity index (χ1n) is 5.07.